The molecule has 0 aromatic heterocycles. The van der Waals surface area contributed by atoms with Gasteiger partial charge in [0.25, 0.3) is 0 Å². The van der Waals surface area contributed by atoms with Gasteiger partial charge in [0.05, 0.1) is 22.0 Å². The van der Waals surface area contributed by atoms with E-state index in [1.165, 1.54) is 18.2 Å². The molecule has 0 unspecified atom stereocenters. The maximum absolute atomic E-state index is 13.8. The zero-order valence-corrected chi connectivity index (χ0v) is 10.8. The summed E-state index contributed by atoms with van der Waals surface area (Å²) in [5.74, 6) is -1.84. The molecule has 0 heterocycles. The molecule has 3 nitrogen and oxygen atoms in total. The van der Waals surface area contributed by atoms with Crippen molar-refractivity contribution in [1.29, 1.82) is 0 Å². The number of nitrogens with one attached hydrogen (secondary N) is 1. The first-order chi connectivity index (χ1) is 8.99. The number of carboxylic acid groups (broad SMARTS) is 1. The number of carbonyl (C=O) groups is 1. The van der Waals surface area contributed by atoms with E-state index in [0.29, 0.717) is 10.7 Å². The van der Waals surface area contributed by atoms with E-state index in [4.69, 9.17) is 16.7 Å². The van der Waals surface area contributed by atoms with E-state index in [1.807, 2.05) is 13.0 Å². The van der Waals surface area contributed by atoms with Gasteiger partial charge in [-0.05, 0) is 36.8 Å². The van der Waals surface area contributed by atoms with Gasteiger partial charge in [-0.2, -0.15) is 0 Å². The molecule has 2 rings (SSSR count). The van der Waals surface area contributed by atoms with Crippen molar-refractivity contribution in [2.75, 3.05) is 5.32 Å². The topological polar surface area (TPSA) is 49.3 Å². The predicted octanol–water partition coefficient (Wildman–Crippen LogP) is 4.23. The van der Waals surface area contributed by atoms with Crippen LogP contribution in [-0.4, -0.2) is 11.1 Å². The molecule has 0 bridgehead atoms. The van der Waals surface area contributed by atoms with Crippen molar-refractivity contribution in [2.45, 2.75) is 6.92 Å². The summed E-state index contributed by atoms with van der Waals surface area (Å²) in [5.41, 5.74) is 1.16. The number of aromatic carboxylic acids is 1. The first-order valence-corrected chi connectivity index (χ1v) is 5.92. The van der Waals surface area contributed by atoms with Gasteiger partial charge in [0.1, 0.15) is 5.82 Å². The Balaban J connectivity index is 2.49. The van der Waals surface area contributed by atoms with Crippen LogP contribution in [-0.2, 0) is 0 Å². The lowest BCUT2D eigenvalue weighted by Gasteiger charge is -2.12. The summed E-state index contributed by atoms with van der Waals surface area (Å²) in [5, 5.41) is 12.2. The number of para-hydroxylation sites is 1. The van der Waals surface area contributed by atoms with Crippen LogP contribution >= 0.6 is 11.6 Å². The van der Waals surface area contributed by atoms with Gasteiger partial charge in [0, 0.05) is 0 Å². The van der Waals surface area contributed by atoms with Gasteiger partial charge in [-0.15, -0.1) is 0 Å². The van der Waals surface area contributed by atoms with Crippen LogP contribution in [0, 0.1) is 12.7 Å². The molecule has 0 saturated heterocycles. The number of halogens is 2. The molecule has 2 N–H and O–H groups in total. The molecule has 0 fully saturated rings. The molecule has 0 spiro atoms. The van der Waals surface area contributed by atoms with Crippen molar-refractivity contribution in [3.8, 4) is 0 Å². The van der Waals surface area contributed by atoms with Crippen molar-refractivity contribution >= 4 is 28.9 Å². The van der Waals surface area contributed by atoms with E-state index < -0.39 is 11.8 Å². The minimum absolute atomic E-state index is 0.0949. The average molecular weight is 280 g/mol. The van der Waals surface area contributed by atoms with Gasteiger partial charge in [0.15, 0.2) is 0 Å². The highest BCUT2D eigenvalue weighted by Crippen LogP contribution is 2.29. The van der Waals surface area contributed by atoms with Crippen LogP contribution in [0.3, 0.4) is 0 Å². The molecule has 19 heavy (non-hydrogen) atoms. The minimum atomic E-state index is -1.20. The largest absolute Gasteiger partial charge is 0.478 e. The molecule has 0 aliphatic heterocycles. The Labute approximate surface area is 114 Å². The van der Waals surface area contributed by atoms with Crippen LogP contribution in [0.15, 0.2) is 36.4 Å². The first kappa shape index (κ1) is 13.4. The number of rotatable bonds is 3. The molecule has 0 atom stereocenters. The number of hydrogen-bond acceptors (Lipinski definition) is 2. The van der Waals surface area contributed by atoms with Crippen molar-refractivity contribution < 1.29 is 14.3 Å². The Bertz CT molecular complexity index is 643. The van der Waals surface area contributed by atoms with Crippen LogP contribution in [0.1, 0.15) is 15.9 Å². The Morgan fingerprint density at radius 2 is 2.05 bits per heavy atom. The molecular weight excluding hydrogens is 269 g/mol. The lowest BCUT2D eigenvalue weighted by atomic mass is 10.1. The fraction of sp³-hybridized carbons (Fsp3) is 0.0714. The predicted molar refractivity (Wildman–Crippen MR) is 72.8 cm³/mol. The molecule has 0 aliphatic carbocycles. The Kier molecular flexibility index (Phi) is 3.71. The molecule has 0 aliphatic rings. The molecule has 98 valence electrons. The zero-order valence-electron chi connectivity index (χ0n) is 10.1. The van der Waals surface area contributed by atoms with Gasteiger partial charge in [0.2, 0.25) is 0 Å². The number of benzene rings is 2. The fourth-order valence-electron chi connectivity index (χ4n) is 1.70. The summed E-state index contributed by atoms with van der Waals surface area (Å²) in [6, 6.07) is 9.08. The second-order valence-corrected chi connectivity index (χ2v) is 4.48. The number of anilines is 2. The monoisotopic (exact) mass is 279 g/mol. The fourth-order valence-corrected chi connectivity index (χ4v) is 1.86. The zero-order chi connectivity index (χ0) is 14.0. The van der Waals surface area contributed by atoms with Gasteiger partial charge in [-0.25, -0.2) is 9.18 Å². The summed E-state index contributed by atoms with van der Waals surface area (Å²) in [7, 11) is 0. The highest BCUT2D eigenvalue weighted by Gasteiger charge is 2.15. The third-order valence-electron chi connectivity index (χ3n) is 2.63. The van der Waals surface area contributed by atoms with Crippen LogP contribution < -0.4 is 5.32 Å². The van der Waals surface area contributed by atoms with Crippen molar-refractivity contribution in [3.63, 3.8) is 0 Å². The Morgan fingerprint density at radius 3 is 2.74 bits per heavy atom. The van der Waals surface area contributed by atoms with Crippen LogP contribution in [0.4, 0.5) is 15.8 Å². The molecule has 0 amide bonds. The first-order valence-electron chi connectivity index (χ1n) is 5.54. The van der Waals surface area contributed by atoms with E-state index in [-0.39, 0.29) is 11.3 Å². The summed E-state index contributed by atoms with van der Waals surface area (Å²) < 4.78 is 13.8. The average Bonchev–Trinajstić information content (AvgIpc) is 2.35. The minimum Gasteiger partial charge on any atom is -0.478 e. The van der Waals surface area contributed by atoms with E-state index >= 15 is 0 Å². The number of aryl methyl sites for hydroxylation is 1. The summed E-state index contributed by atoms with van der Waals surface area (Å²) in [6.07, 6.45) is 0. The molecule has 5 heteroatoms. The smallest absolute Gasteiger partial charge is 0.337 e. The molecule has 2 aromatic carbocycles. The molecular formula is C14H11ClFNO2. The SMILES string of the molecule is Cc1ccc(Cl)c(Nc2c(F)cccc2C(=O)O)c1. The van der Waals surface area contributed by atoms with Gasteiger partial charge >= 0.3 is 5.97 Å². The van der Waals surface area contributed by atoms with E-state index in [1.54, 1.807) is 12.1 Å². The second kappa shape index (κ2) is 5.28. The summed E-state index contributed by atoms with van der Waals surface area (Å²) in [4.78, 5) is 11.1. The molecule has 2 aromatic rings. The number of hydrogen-bond donors (Lipinski definition) is 2. The van der Waals surface area contributed by atoms with E-state index in [0.717, 1.165) is 5.56 Å². The maximum atomic E-state index is 13.8. The lowest BCUT2D eigenvalue weighted by molar-refractivity contribution is 0.0697. The van der Waals surface area contributed by atoms with Crippen LogP contribution in [0.5, 0.6) is 0 Å². The maximum Gasteiger partial charge on any atom is 0.337 e. The highest BCUT2D eigenvalue weighted by molar-refractivity contribution is 6.33. The highest BCUT2D eigenvalue weighted by atomic mass is 35.5. The normalized spacial score (nSPS) is 10.3. The Hall–Kier alpha value is -2.07. The van der Waals surface area contributed by atoms with Crippen LogP contribution in [0.25, 0.3) is 0 Å². The van der Waals surface area contributed by atoms with Crippen molar-refractivity contribution in [2.24, 2.45) is 0 Å². The van der Waals surface area contributed by atoms with E-state index in [2.05, 4.69) is 5.32 Å². The lowest BCUT2D eigenvalue weighted by Crippen LogP contribution is -2.05. The second-order valence-electron chi connectivity index (χ2n) is 4.08. The molecule has 0 radical (unpaired) electrons. The standard InChI is InChI=1S/C14H11ClFNO2/c1-8-5-6-10(15)12(7-8)17-13-9(14(18)19)3-2-4-11(13)16/h2-7,17H,1H3,(H,18,19). The Morgan fingerprint density at radius 1 is 1.32 bits per heavy atom. The van der Waals surface area contributed by atoms with Gasteiger partial charge in [-0.3, -0.25) is 0 Å². The van der Waals surface area contributed by atoms with E-state index in [9.17, 15) is 9.18 Å². The quantitative estimate of drug-likeness (QED) is 0.884. The van der Waals surface area contributed by atoms with Crippen LogP contribution in [0.2, 0.25) is 5.02 Å². The molecule has 0 saturated carbocycles. The van der Waals surface area contributed by atoms with Crippen molar-refractivity contribution in [1.82, 2.24) is 0 Å². The van der Waals surface area contributed by atoms with Gasteiger partial charge < -0.3 is 10.4 Å². The summed E-state index contributed by atoms with van der Waals surface area (Å²) >= 11 is 6.00. The number of carboxylic acids is 1. The van der Waals surface area contributed by atoms with Gasteiger partial charge in [-0.1, -0.05) is 23.7 Å². The third-order valence-corrected chi connectivity index (χ3v) is 2.96. The van der Waals surface area contributed by atoms with Crippen molar-refractivity contribution in [3.05, 3.63) is 58.4 Å². The third kappa shape index (κ3) is 2.85. The summed E-state index contributed by atoms with van der Waals surface area (Å²) in [6.45, 7) is 1.86.